The molecule has 25 heavy (non-hydrogen) atoms. The van der Waals surface area contributed by atoms with Gasteiger partial charge in [-0.15, -0.1) is 0 Å². The number of carbonyl (C=O) groups excluding carboxylic acids is 1. The Hall–Kier alpha value is -1.55. The van der Waals surface area contributed by atoms with Gasteiger partial charge in [0.2, 0.25) is 5.91 Å². The molecule has 0 bridgehead atoms. The molecule has 2 aliphatic heterocycles. The lowest BCUT2D eigenvalue weighted by Gasteiger charge is -2.38. The molecule has 0 aliphatic carbocycles. The van der Waals surface area contributed by atoms with Crippen molar-refractivity contribution in [2.24, 2.45) is 5.92 Å². The van der Waals surface area contributed by atoms with Crippen molar-refractivity contribution in [2.75, 3.05) is 31.1 Å². The summed E-state index contributed by atoms with van der Waals surface area (Å²) in [6, 6.07) is 9.60. The molecular weight excluding hydrogens is 310 g/mol. The number of hydrogen-bond acceptors (Lipinski definition) is 3. The van der Waals surface area contributed by atoms with Crippen molar-refractivity contribution in [2.45, 2.75) is 58.5 Å². The molecule has 2 fully saturated rings. The number of likely N-dealkylation sites (tertiary alicyclic amines) is 1. The minimum absolute atomic E-state index is 0.213. The molecule has 2 atom stereocenters. The summed E-state index contributed by atoms with van der Waals surface area (Å²) in [6.07, 6.45) is 6.19. The molecule has 1 aromatic carbocycles. The second-order valence-electron chi connectivity index (χ2n) is 7.62. The number of hydrogen-bond donors (Lipinski definition) is 1. The second-order valence-corrected chi connectivity index (χ2v) is 7.62. The van der Waals surface area contributed by atoms with Gasteiger partial charge in [-0.2, -0.15) is 0 Å². The smallest absolute Gasteiger partial charge is 0.219 e. The second kappa shape index (κ2) is 8.70. The Morgan fingerprint density at radius 1 is 1.12 bits per heavy atom. The van der Waals surface area contributed by atoms with Crippen LogP contribution in [0.15, 0.2) is 24.3 Å². The van der Waals surface area contributed by atoms with E-state index in [1.165, 1.54) is 43.6 Å². The van der Waals surface area contributed by atoms with E-state index in [0.29, 0.717) is 12.0 Å². The van der Waals surface area contributed by atoms with E-state index in [1.807, 2.05) is 4.90 Å². The number of anilines is 1. The molecule has 1 N–H and O–H groups in total. The summed E-state index contributed by atoms with van der Waals surface area (Å²) in [7, 11) is 0. The molecule has 2 unspecified atom stereocenters. The number of carbonyl (C=O) groups is 1. The lowest BCUT2D eigenvalue weighted by molar-refractivity contribution is -0.131. The van der Waals surface area contributed by atoms with Gasteiger partial charge >= 0.3 is 0 Å². The molecule has 0 aromatic heterocycles. The Morgan fingerprint density at radius 2 is 1.84 bits per heavy atom. The topological polar surface area (TPSA) is 35.6 Å². The van der Waals surface area contributed by atoms with E-state index in [2.05, 4.69) is 41.4 Å². The summed E-state index contributed by atoms with van der Waals surface area (Å²) in [6.45, 7) is 9.02. The molecule has 138 valence electrons. The molecule has 2 heterocycles. The normalized spacial score (nSPS) is 24.4. The van der Waals surface area contributed by atoms with Crippen molar-refractivity contribution in [1.82, 2.24) is 10.2 Å². The number of nitrogens with zero attached hydrogens (tertiary/aromatic N) is 2. The minimum atomic E-state index is 0.213. The highest BCUT2D eigenvalue weighted by atomic mass is 16.2. The SMILES string of the molecule is CCC1CN(C(C)=O)CCC1NCc1ccc(N2CCCCC2)cc1. The summed E-state index contributed by atoms with van der Waals surface area (Å²) >= 11 is 0. The number of rotatable bonds is 5. The summed E-state index contributed by atoms with van der Waals surface area (Å²) in [5.41, 5.74) is 2.72. The largest absolute Gasteiger partial charge is 0.372 e. The zero-order valence-electron chi connectivity index (χ0n) is 15.8. The Bertz CT molecular complexity index is 551. The molecule has 4 heteroatoms. The standard InChI is InChI=1S/C21H33N3O/c1-3-19-16-24(17(2)25)14-11-21(19)22-15-18-7-9-20(10-8-18)23-12-5-4-6-13-23/h7-10,19,21-22H,3-6,11-16H2,1-2H3. The van der Waals surface area contributed by atoms with Gasteiger partial charge in [-0.1, -0.05) is 25.5 Å². The fourth-order valence-corrected chi connectivity index (χ4v) is 4.23. The number of benzene rings is 1. The molecule has 4 nitrogen and oxygen atoms in total. The van der Waals surface area contributed by atoms with Crippen LogP contribution in [0, 0.1) is 5.92 Å². The van der Waals surface area contributed by atoms with Crippen LogP contribution in [0.3, 0.4) is 0 Å². The van der Waals surface area contributed by atoms with Crippen molar-refractivity contribution in [3.63, 3.8) is 0 Å². The molecular formula is C21H33N3O. The lowest BCUT2D eigenvalue weighted by Crippen LogP contribution is -2.50. The van der Waals surface area contributed by atoms with Crippen molar-refractivity contribution >= 4 is 11.6 Å². The van der Waals surface area contributed by atoms with Gasteiger partial charge < -0.3 is 15.1 Å². The lowest BCUT2D eigenvalue weighted by atomic mass is 9.89. The first-order valence-electron chi connectivity index (χ1n) is 10.00. The first kappa shape index (κ1) is 18.2. The Morgan fingerprint density at radius 3 is 2.48 bits per heavy atom. The molecule has 1 amide bonds. The molecule has 0 radical (unpaired) electrons. The van der Waals surface area contributed by atoms with Gasteiger partial charge in [-0.3, -0.25) is 4.79 Å². The highest BCUT2D eigenvalue weighted by molar-refractivity contribution is 5.73. The van der Waals surface area contributed by atoms with Crippen LogP contribution in [0.5, 0.6) is 0 Å². The van der Waals surface area contributed by atoms with Crippen molar-refractivity contribution in [3.05, 3.63) is 29.8 Å². The fraction of sp³-hybridized carbons (Fsp3) is 0.667. The predicted molar refractivity (Wildman–Crippen MR) is 104 cm³/mol. The quantitative estimate of drug-likeness (QED) is 0.890. The van der Waals surface area contributed by atoms with E-state index in [4.69, 9.17) is 0 Å². The summed E-state index contributed by atoms with van der Waals surface area (Å²) in [5, 5.41) is 3.75. The van der Waals surface area contributed by atoms with Crippen molar-refractivity contribution in [1.29, 1.82) is 0 Å². The maximum atomic E-state index is 11.6. The average Bonchev–Trinajstić information content (AvgIpc) is 2.67. The summed E-state index contributed by atoms with van der Waals surface area (Å²) in [5.74, 6) is 0.774. The van der Waals surface area contributed by atoms with Gasteiger partial charge in [-0.05, 0) is 49.3 Å². The van der Waals surface area contributed by atoms with Crippen LogP contribution in [0.1, 0.15) is 51.5 Å². The van der Waals surface area contributed by atoms with Gasteiger partial charge in [0.1, 0.15) is 0 Å². The van der Waals surface area contributed by atoms with Crippen LogP contribution < -0.4 is 10.2 Å². The van der Waals surface area contributed by atoms with Gasteiger partial charge in [0.15, 0.2) is 0 Å². The highest BCUT2D eigenvalue weighted by Gasteiger charge is 2.28. The van der Waals surface area contributed by atoms with E-state index in [1.54, 1.807) is 6.92 Å². The fourth-order valence-electron chi connectivity index (χ4n) is 4.23. The zero-order chi connectivity index (χ0) is 17.6. The van der Waals surface area contributed by atoms with Crippen molar-refractivity contribution < 1.29 is 4.79 Å². The van der Waals surface area contributed by atoms with Crippen LogP contribution in [-0.2, 0) is 11.3 Å². The number of nitrogens with one attached hydrogen (secondary N) is 1. The van der Waals surface area contributed by atoms with E-state index >= 15 is 0 Å². The maximum absolute atomic E-state index is 11.6. The monoisotopic (exact) mass is 343 g/mol. The first-order chi connectivity index (χ1) is 12.2. The van der Waals surface area contributed by atoms with Gasteiger partial charge in [0, 0.05) is 51.4 Å². The zero-order valence-corrected chi connectivity index (χ0v) is 15.8. The molecule has 1 aromatic rings. The number of amides is 1. The van der Waals surface area contributed by atoms with E-state index in [0.717, 1.165) is 32.5 Å². The van der Waals surface area contributed by atoms with Crippen LogP contribution in [0.2, 0.25) is 0 Å². The number of piperidine rings is 2. The van der Waals surface area contributed by atoms with Gasteiger partial charge in [0.25, 0.3) is 0 Å². The third-order valence-electron chi connectivity index (χ3n) is 5.93. The van der Waals surface area contributed by atoms with Crippen LogP contribution >= 0.6 is 0 Å². The molecule has 2 saturated heterocycles. The van der Waals surface area contributed by atoms with E-state index in [-0.39, 0.29) is 5.91 Å². The summed E-state index contributed by atoms with van der Waals surface area (Å²) < 4.78 is 0. The van der Waals surface area contributed by atoms with Gasteiger partial charge in [0.05, 0.1) is 0 Å². The molecule has 2 aliphatic rings. The first-order valence-corrected chi connectivity index (χ1v) is 10.00. The summed E-state index contributed by atoms with van der Waals surface area (Å²) in [4.78, 5) is 16.1. The van der Waals surface area contributed by atoms with Crippen LogP contribution in [0.25, 0.3) is 0 Å². The Balaban J connectivity index is 1.51. The Labute approximate surface area is 152 Å². The van der Waals surface area contributed by atoms with Crippen LogP contribution in [0.4, 0.5) is 5.69 Å². The molecule has 3 rings (SSSR count). The van der Waals surface area contributed by atoms with Gasteiger partial charge in [-0.25, -0.2) is 0 Å². The maximum Gasteiger partial charge on any atom is 0.219 e. The van der Waals surface area contributed by atoms with E-state index < -0.39 is 0 Å². The van der Waals surface area contributed by atoms with E-state index in [9.17, 15) is 4.79 Å². The Kier molecular flexibility index (Phi) is 6.35. The highest BCUT2D eigenvalue weighted by Crippen LogP contribution is 2.22. The molecule has 0 spiro atoms. The predicted octanol–water partition coefficient (Wildman–Crippen LogP) is 3.41. The minimum Gasteiger partial charge on any atom is -0.372 e. The third-order valence-corrected chi connectivity index (χ3v) is 5.93. The third kappa shape index (κ3) is 4.75. The average molecular weight is 344 g/mol. The van der Waals surface area contributed by atoms with Crippen molar-refractivity contribution in [3.8, 4) is 0 Å². The van der Waals surface area contributed by atoms with Crippen LogP contribution in [-0.4, -0.2) is 43.0 Å². The molecule has 0 saturated carbocycles.